The Kier molecular flexibility index (Phi) is 4.78. The molecule has 13 heavy (non-hydrogen) atoms. The summed E-state index contributed by atoms with van der Waals surface area (Å²) in [6.45, 7) is 0. The topological polar surface area (TPSA) is 62.8 Å². The standard InChI is InChI=1S/C6H4Cl3N3.ClH/c7-2-1-3(8)5(9)12-4(2)6(10)11;/h1H,(H3,10,11);1H. The molecule has 0 atom stereocenters. The Bertz CT molecular complexity index is 339. The number of halogens is 4. The minimum absolute atomic E-state index is 0. The van der Waals surface area contributed by atoms with Crippen LogP contribution in [-0.2, 0) is 0 Å². The van der Waals surface area contributed by atoms with Crippen LogP contribution >= 0.6 is 47.2 Å². The second kappa shape index (κ2) is 4.86. The van der Waals surface area contributed by atoms with E-state index < -0.39 is 0 Å². The maximum atomic E-state index is 7.07. The van der Waals surface area contributed by atoms with Crippen molar-refractivity contribution in [2.45, 2.75) is 0 Å². The zero-order chi connectivity index (χ0) is 9.30. The van der Waals surface area contributed by atoms with Crippen molar-refractivity contribution in [2.24, 2.45) is 5.73 Å². The van der Waals surface area contributed by atoms with Crippen LogP contribution in [-0.4, -0.2) is 10.8 Å². The van der Waals surface area contributed by atoms with Crippen molar-refractivity contribution in [2.75, 3.05) is 0 Å². The van der Waals surface area contributed by atoms with E-state index in [1.54, 1.807) is 0 Å². The monoisotopic (exact) mass is 259 g/mol. The first kappa shape index (κ1) is 12.8. The van der Waals surface area contributed by atoms with Crippen molar-refractivity contribution in [3.8, 4) is 0 Å². The minimum Gasteiger partial charge on any atom is -0.382 e. The number of pyridine rings is 1. The van der Waals surface area contributed by atoms with Crippen LogP contribution in [0.1, 0.15) is 5.69 Å². The third-order valence-corrected chi connectivity index (χ3v) is 2.10. The fraction of sp³-hybridized carbons (Fsp3) is 0. The molecule has 0 aliphatic rings. The Morgan fingerprint density at radius 1 is 1.31 bits per heavy atom. The average molecular weight is 261 g/mol. The number of nitrogens with two attached hydrogens (primary N) is 1. The lowest BCUT2D eigenvalue weighted by molar-refractivity contribution is 1.26. The van der Waals surface area contributed by atoms with Crippen molar-refractivity contribution >= 4 is 53.0 Å². The maximum absolute atomic E-state index is 7.07. The number of amidine groups is 1. The molecule has 1 aromatic rings. The average Bonchev–Trinajstić information content (AvgIpc) is 1.96. The van der Waals surface area contributed by atoms with E-state index in [4.69, 9.17) is 45.9 Å². The lowest BCUT2D eigenvalue weighted by Gasteiger charge is -2.02. The molecule has 1 rings (SSSR count). The largest absolute Gasteiger partial charge is 0.382 e. The van der Waals surface area contributed by atoms with Gasteiger partial charge in [-0.05, 0) is 6.07 Å². The highest BCUT2D eigenvalue weighted by Crippen LogP contribution is 2.25. The molecule has 0 aromatic carbocycles. The Labute approximate surface area is 96.1 Å². The highest BCUT2D eigenvalue weighted by atomic mass is 35.5. The van der Waals surface area contributed by atoms with Crippen LogP contribution in [0.2, 0.25) is 15.2 Å². The van der Waals surface area contributed by atoms with Crippen LogP contribution in [0.15, 0.2) is 6.07 Å². The van der Waals surface area contributed by atoms with Gasteiger partial charge >= 0.3 is 0 Å². The number of hydrogen-bond donors (Lipinski definition) is 2. The highest BCUT2D eigenvalue weighted by Gasteiger charge is 2.09. The molecule has 0 amide bonds. The summed E-state index contributed by atoms with van der Waals surface area (Å²) in [6, 6.07) is 1.40. The number of aromatic nitrogens is 1. The second-order valence-electron chi connectivity index (χ2n) is 2.01. The minimum atomic E-state index is -0.237. The van der Waals surface area contributed by atoms with Crippen molar-refractivity contribution in [1.82, 2.24) is 4.98 Å². The number of nitrogens with zero attached hydrogens (tertiary/aromatic N) is 1. The third kappa shape index (κ3) is 2.88. The van der Waals surface area contributed by atoms with Crippen LogP contribution in [0.3, 0.4) is 0 Å². The van der Waals surface area contributed by atoms with Crippen molar-refractivity contribution in [3.63, 3.8) is 0 Å². The van der Waals surface area contributed by atoms with Crippen molar-refractivity contribution in [1.29, 1.82) is 5.41 Å². The summed E-state index contributed by atoms with van der Waals surface area (Å²) >= 11 is 16.8. The molecule has 3 N–H and O–H groups in total. The van der Waals surface area contributed by atoms with Gasteiger partial charge in [0.25, 0.3) is 0 Å². The normalized spacial score (nSPS) is 9.15. The number of nitrogen functional groups attached to an aromatic ring is 1. The molecule has 0 fully saturated rings. The molecule has 3 nitrogen and oxygen atoms in total. The molecule has 0 spiro atoms. The van der Waals surface area contributed by atoms with Gasteiger partial charge in [0.05, 0.1) is 10.0 Å². The zero-order valence-electron chi connectivity index (χ0n) is 6.14. The van der Waals surface area contributed by atoms with E-state index in [9.17, 15) is 0 Å². The van der Waals surface area contributed by atoms with E-state index in [1.165, 1.54) is 6.07 Å². The van der Waals surface area contributed by atoms with Gasteiger partial charge in [0.1, 0.15) is 16.7 Å². The predicted octanol–water partition coefficient (Wildman–Crippen LogP) is 2.75. The summed E-state index contributed by atoms with van der Waals surface area (Å²) in [6.07, 6.45) is 0. The Balaban J connectivity index is 0.00000144. The van der Waals surface area contributed by atoms with Gasteiger partial charge < -0.3 is 5.73 Å². The lowest BCUT2D eigenvalue weighted by Crippen LogP contribution is -2.13. The number of nitrogens with one attached hydrogen (secondary N) is 1. The van der Waals surface area contributed by atoms with Gasteiger partial charge in [0, 0.05) is 0 Å². The summed E-state index contributed by atoms with van der Waals surface area (Å²) in [7, 11) is 0. The molecular weight excluding hydrogens is 256 g/mol. The molecule has 72 valence electrons. The molecule has 0 saturated carbocycles. The van der Waals surface area contributed by atoms with E-state index in [0.717, 1.165) is 0 Å². The quantitative estimate of drug-likeness (QED) is 0.463. The lowest BCUT2D eigenvalue weighted by atomic mass is 10.3. The van der Waals surface area contributed by atoms with Crippen LogP contribution in [0, 0.1) is 5.41 Å². The fourth-order valence-electron chi connectivity index (χ4n) is 0.633. The van der Waals surface area contributed by atoms with E-state index in [2.05, 4.69) is 4.98 Å². The first-order chi connectivity index (χ1) is 5.52. The molecule has 1 heterocycles. The van der Waals surface area contributed by atoms with Crippen LogP contribution < -0.4 is 5.73 Å². The van der Waals surface area contributed by atoms with Gasteiger partial charge in [0.2, 0.25) is 0 Å². The molecule has 0 radical (unpaired) electrons. The molecule has 0 saturated heterocycles. The molecule has 1 aromatic heterocycles. The van der Waals surface area contributed by atoms with E-state index in [-0.39, 0.29) is 39.1 Å². The van der Waals surface area contributed by atoms with Crippen molar-refractivity contribution < 1.29 is 0 Å². The second-order valence-corrected chi connectivity index (χ2v) is 3.18. The Morgan fingerprint density at radius 3 is 2.31 bits per heavy atom. The molecule has 0 aliphatic heterocycles. The Morgan fingerprint density at radius 2 is 1.85 bits per heavy atom. The van der Waals surface area contributed by atoms with Crippen LogP contribution in [0.4, 0.5) is 0 Å². The highest BCUT2D eigenvalue weighted by molar-refractivity contribution is 6.43. The maximum Gasteiger partial charge on any atom is 0.148 e. The zero-order valence-corrected chi connectivity index (χ0v) is 9.23. The summed E-state index contributed by atoms with van der Waals surface area (Å²) in [5, 5.41) is 7.62. The smallest absolute Gasteiger partial charge is 0.148 e. The van der Waals surface area contributed by atoms with Gasteiger partial charge in [-0.25, -0.2) is 4.98 Å². The van der Waals surface area contributed by atoms with Gasteiger partial charge in [0.15, 0.2) is 0 Å². The molecular formula is C6H5Cl4N3. The first-order valence-electron chi connectivity index (χ1n) is 2.88. The van der Waals surface area contributed by atoms with Crippen LogP contribution in [0.5, 0.6) is 0 Å². The van der Waals surface area contributed by atoms with Crippen LogP contribution in [0.25, 0.3) is 0 Å². The molecule has 0 unspecified atom stereocenters. The van der Waals surface area contributed by atoms with E-state index in [1.807, 2.05) is 0 Å². The summed E-state index contributed by atoms with van der Waals surface area (Å²) in [5.74, 6) is -0.237. The predicted molar refractivity (Wildman–Crippen MR) is 57.5 cm³/mol. The summed E-state index contributed by atoms with van der Waals surface area (Å²) in [4.78, 5) is 3.72. The molecule has 7 heteroatoms. The fourth-order valence-corrected chi connectivity index (χ4v) is 1.23. The SMILES string of the molecule is Cl.N=C(N)c1nc(Cl)c(Cl)cc1Cl. The first-order valence-corrected chi connectivity index (χ1v) is 4.01. The molecule has 0 bridgehead atoms. The number of rotatable bonds is 1. The van der Waals surface area contributed by atoms with Gasteiger partial charge in [-0.2, -0.15) is 0 Å². The van der Waals surface area contributed by atoms with Gasteiger partial charge in [-0.15, -0.1) is 12.4 Å². The van der Waals surface area contributed by atoms with E-state index in [0.29, 0.717) is 0 Å². The van der Waals surface area contributed by atoms with Gasteiger partial charge in [-0.1, -0.05) is 34.8 Å². The van der Waals surface area contributed by atoms with Gasteiger partial charge in [-0.3, -0.25) is 5.41 Å². The summed E-state index contributed by atoms with van der Waals surface area (Å²) < 4.78 is 0. The van der Waals surface area contributed by atoms with E-state index >= 15 is 0 Å². The Hall–Kier alpha value is -0.220. The van der Waals surface area contributed by atoms with Crippen molar-refractivity contribution in [3.05, 3.63) is 27.0 Å². The summed E-state index contributed by atoms with van der Waals surface area (Å²) in [5.41, 5.74) is 5.31. The third-order valence-electron chi connectivity index (χ3n) is 1.14. The number of hydrogen-bond acceptors (Lipinski definition) is 2. The molecule has 0 aliphatic carbocycles.